The number of rotatable bonds is 6. The number of hydrogen-bond acceptors (Lipinski definition) is 4. The van der Waals surface area contributed by atoms with Gasteiger partial charge in [-0.1, -0.05) is 19.4 Å². The van der Waals surface area contributed by atoms with Gasteiger partial charge in [-0.15, -0.1) is 11.3 Å². The van der Waals surface area contributed by atoms with Crippen LogP contribution in [0.15, 0.2) is 18.2 Å². The van der Waals surface area contributed by atoms with Crippen LogP contribution < -0.4 is 4.74 Å². The molecule has 1 aromatic heterocycles. The highest BCUT2D eigenvalue weighted by molar-refractivity contribution is 7.11. The molecule has 1 aromatic carbocycles. The summed E-state index contributed by atoms with van der Waals surface area (Å²) in [7, 11) is 0. The number of aliphatic hydroxyl groups is 1. The fourth-order valence-corrected chi connectivity index (χ4v) is 3.10. The van der Waals surface area contributed by atoms with Crippen LogP contribution in [-0.2, 0) is 19.6 Å². The summed E-state index contributed by atoms with van der Waals surface area (Å²) in [5, 5.41) is 10.3. The minimum Gasteiger partial charge on any atom is -0.486 e. The van der Waals surface area contributed by atoms with Crippen LogP contribution >= 0.6 is 11.3 Å². The van der Waals surface area contributed by atoms with Gasteiger partial charge >= 0.3 is 0 Å². The van der Waals surface area contributed by atoms with Crippen molar-refractivity contribution in [3.05, 3.63) is 44.9 Å². The molecule has 3 nitrogen and oxygen atoms in total. The van der Waals surface area contributed by atoms with E-state index in [0.717, 1.165) is 34.2 Å². The molecule has 0 atom stereocenters. The average molecular weight is 291 g/mol. The van der Waals surface area contributed by atoms with Gasteiger partial charge in [0.05, 0.1) is 17.2 Å². The average Bonchev–Trinajstić information content (AvgIpc) is 2.78. The highest BCUT2D eigenvalue weighted by atomic mass is 32.1. The van der Waals surface area contributed by atoms with Gasteiger partial charge in [0.15, 0.2) is 0 Å². The van der Waals surface area contributed by atoms with E-state index in [4.69, 9.17) is 4.74 Å². The van der Waals surface area contributed by atoms with Crippen LogP contribution in [0.2, 0.25) is 0 Å². The molecule has 0 amide bonds. The minimum atomic E-state index is 0.0660. The zero-order valence-corrected chi connectivity index (χ0v) is 13.1. The Morgan fingerprint density at radius 1 is 1.20 bits per heavy atom. The summed E-state index contributed by atoms with van der Waals surface area (Å²) >= 11 is 1.54. The Hall–Kier alpha value is -1.39. The van der Waals surface area contributed by atoms with E-state index in [0.29, 0.717) is 6.61 Å². The molecule has 0 aliphatic rings. The lowest BCUT2D eigenvalue weighted by molar-refractivity contribution is 0.284. The number of ether oxygens (including phenoxy) is 1. The van der Waals surface area contributed by atoms with Gasteiger partial charge in [-0.3, -0.25) is 0 Å². The maximum absolute atomic E-state index is 9.35. The van der Waals surface area contributed by atoms with Crippen molar-refractivity contribution in [2.45, 2.75) is 46.8 Å². The van der Waals surface area contributed by atoms with Crippen molar-refractivity contribution in [1.82, 2.24) is 4.98 Å². The molecule has 0 bridgehead atoms. The molecule has 0 saturated carbocycles. The first-order valence-electron chi connectivity index (χ1n) is 6.91. The van der Waals surface area contributed by atoms with E-state index >= 15 is 0 Å². The molecule has 0 spiro atoms. The SMILES string of the molecule is CCCc1nc(COc2cc(C)cc(C)c2)sc1CO. The molecule has 1 N–H and O–H groups in total. The molecule has 0 unspecified atom stereocenters. The predicted octanol–water partition coefficient (Wildman–Crippen LogP) is 3.78. The first-order valence-corrected chi connectivity index (χ1v) is 7.73. The third kappa shape index (κ3) is 3.81. The molecule has 0 fully saturated rings. The van der Waals surface area contributed by atoms with Crippen molar-refractivity contribution < 1.29 is 9.84 Å². The summed E-state index contributed by atoms with van der Waals surface area (Å²) in [5.74, 6) is 0.875. The monoisotopic (exact) mass is 291 g/mol. The Kier molecular flexibility index (Phi) is 5.15. The Morgan fingerprint density at radius 3 is 2.50 bits per heavy atom. The van der Waals surface area contributed by atoms with E-state index in [-0.39, 0.29) is 6.61 Å². The van der Waals surface area contributed by atoms with Crippen molar-refractivity contribution in [3.8, 4) is 5.75 Å². The van der Waals surface area contributed by atoms with E-state index < -0.39 is 0 Å². The van der Waals surface area contributed by atoms with E-state index in [1.165, 1.54) is 11.1 Å². The first-order chi connectivity index (χ1) is 9.62. The van der Waals surface area contributed by atoms with Crippen molar-refractivity contribution in [1.29, 1.82) is 0 Å². The number of thiazole rings is 1. The lowest BCUT2D eigenvalue weighted by atomic mass is 10.1. The maximum Gasteiger partial charge on any atom is 0.140 e. The number of benzene rings is 1. The molecular formula is C16H21NO2S. The van der Waals surface area contributed by atoms with Gasteiger partial charge < -0.3 is 9.84 Å². The lowest BCUT2D eigenvalue weighted by Crippen LogP contribution is -1.96. The maximum atomic E-state index is 9.35. The van der Waals surface area contributed by atoms with Gasteiger partial charge in [0.1, 0.15) is 17.4 Å². The van der Waals surface area contributed by atoms with E-state index in [2.05, 4.69) is 31.8 Å². The van der Waals surface area contributed by atoms with Crippen LogP contribution in [0.25, 0.3) is 0 Å². The number of hydrogen-bond donors (Lipinski definition) is 1. The van der Waals surface area contributed by atoms with Crippen molar-refractivity contribution in [2.75, 3.05) is 0 Å². The van der Waals surface area contributed by atoms with Crippen LogP contribution in [0.5, 0.6) is 5.75 Å². The Labute approximate surface area is 124 Å². The molecule has 0 saturated heterocycles. The van der Waals surface area contributed by atoms with Crippen molar-refractivity contribution in [3.63, 3.8) is 0 Å². The third-order valence-corrected chi connectivity index (χ3v) is 4.07. The molecule has 0 aliphatic heterocycles. The second kappa shape index (κ2) is 6.86. The quantitative estimate of drug-likeness (QED) is 0.880. The number of nitrogens with zero attached hydrogens (tertiary/aromatic N) is 1. The molecule has 4 heteroatoms. The molecule has 108 valence electrons. The Bertz CT molecular complexity index is 558. The zero-order chi connectivity index (χ0) is 14.5. The summed E-state index contributed by atoms with van der Waals surface area (Å²) in [4.78, 5) is 5.53. The summed E-state index contributed by atoms with van der Waals surface area (Å²) in [6.45, 7) is 6.77. The smallest absolute Gasteiger partial charge is 0.140 e. The minimum absolute atomic E-state index is 0.0660. The van der Waals surface area contributed by atoms with Crippen LogP contribution in [0.4, 0.5) is 0 Å². The highest BCUT2D eigenvalue weighted by Crippen LogP contribution is 2.23. The van der Waals surface area contributed by atoms with Gasteiger partial charge in [-0.05, 0) is 43.5 Å². The van der Waals surface area contributed by atoms with Gasteiger partial charge in [-0.25, -0.2) is 4.98 Å². The van der Waals surface area contributed by atoms with Gasteiger partial charge in [0.2, 0.25) is 0 Å². The first kappa shape index (κ1) is 15.0. The topological polar surface area (TPSA) is 42.4 Å². The summed E-state index contributed by atoms with van der Waals surface area (Å²) in [6, 6.07) is 6.18. The van der Waals surface area contributed by atoms with E-state index in [1.807, 2.05) is 12.1 Å². The number of aromatic nitrogens is 1. The van der Waals surface area contributed by atoms with Crippen LogP contribution in [0.3, 0.4) is 0 Å². The Morgan fingerprint density at radius 2 is 1.90 bits per heavy atom. The number of aryl methyl sites for hydroxylation is 3. The molecule has 20 heavy (non-hydrogen) atoms. The highest BCUT2D eigenvalue weighted by Gasteiger charge is 2.10. The van der Waals surface area contributed by atoms with Gasteiger partial charge in [0, 0.05) is 0 Å². The van der Waals surface area contributed by atoms with E-state index in [9.17, 15) is 5.11 Å². The summed E-state index contributed by atoms with van der Waals surface area (Å²) < 4.78 is 5.81. The lowest BCUT2D eigenvalue weighted by Gasteiger charge is -2.06. The second-order valence-corrected chi connectivity index (χ2v) is 6.17. The second-order valence-electron chi connectivity index (χ2n) is 5.00. The molecule has 2 rings (SSSR count). The largest absolute Gasteiger partial charge is 0.486 e. The summed E-state index contributed by atoms with van der Waals surface area (Å²) in [5.41, 5.74) is 3.41. The number of aliphatic hydroxyl groups excluding tert-OH is 1. The molecule has 1 heterocycles. The van der Waals surface area contributed by atoms with Crippen molar-refractivity contribution >= 4 is 11.3 Å². The van der Waals surface area contributed by atoms with Gasteiger partial charge in [-0.2, -0.15) is 0 Å². The van der Waals surface area contributed by atoms with Crippen molar-refractivity contribution in [2.24, 2.45) is 0 Å². The van der Waals surface area contributed by atoms with Gasteiger partial charge in [0.25, 0.3) is 0 Å². The van der Waals surface area contributed by atoms with E-state index in [1.54, 1.807) is 11.3 Å². The third-order valence-electron chi connectivity index (χ3n) is 3.01. The van der Waals surface area contributed by atoms with Crippen LogP contribution in [0.1, 0.15) is 40.1 Å². The zero-order valence-electron chi connectivity index (χ0n) is 12.3. The van der Waals surface area contributed by atoms with Crippen LogP contribution in [0, 0.1) is 13.8 Å². The molecule has 0 aliphatic carbocycles. The molecule has 2 aromatic rings. The predicted molar refractivity (Wildman–Crippen MR) is 82.3 cm³/mol. The fourth-order valence-electron chi connectivity index (χ4n) is 2.22. The molecular weight excluding hydrogens is 270 g/mol. The van der Waals surface area contributed by atoms with Crippen LogP contribution in [-0.4, -0.2) is 10.1 Å². The fraction of sp³-hybridized carbons (Fsp3) is 0.438. The standard InChI is InChI=1S/C16H21NO2S/c1-4-5-14-15(9-18)20-16(17-14)10-19-13-7-11(2)6-12(3)8-13/h6-8,18H,4-5,9-10H2,1-3H3. The normalized spacial score (nSPS) is 10.8. The molecule has 0 radical (unpaired) electrons. The Balaban J connectivity index is 2.06. The summed E-state index contributed by atoms with van der Waals surface area (Å²) in [6.07, 6.45) is 1.95.